The zero-order valence-electron chi connectivity index (χ0n) is 9.13. The van der Waals surface area contributed by atoms with Crippen LogP contribution in [0.2, 0.25) is 10.0 Å². The Bertz CT molecular complexity index is 520. The van der Waals surface area contributed by atoms with Crippen molar-refractivity contribution in [3.05, 3.63) is 73.1 Å². The molecule has 0 spiro atoms. The molecule has 0 saturated carbocycles. The molecular formula is C14H8Br2Cl2. The van der Waals surface area contributed by atoms with Crippen molar-refractivity contribution in [2.45, 2.75) is 0 Å². The molecule has 0 aromatic heterocycles. The van der Waals surface area contributed by atoms with E-state index in [1.165, 1.54) is 0 Å². The normalized spacial score (nSPS) is 10.2. The molecule has 0 nitrogen and oxygen atoms in total. The van der Waals surface area contributed by atoms with Crippen LogP contribution in [0.4, 0.5) is 0 Å². The number of hydrogen-bond donors (Lipinski definition) is 0. The van der Waals surface area contributed by atoms with E-state index in [4.69, 9.17) is 23.2 Å². The van der Waals surface area contributed by atoms with Gasteiger partial charge >= 0.3 is 0 Å². The lowest BCUT2D eigenvalue weighted by atomic mass is 10.00. The zero-order valence-corrected chi connectivity index (χ0v) is 13.8. The van der Waals surface area contributed by atoms with Gasteiger partial charge in [-0.1, -0.05) is 47.5 Å². The number of hydrogen-bond acceptors (Lipinski definition) is 0. The third-order valence-electron chi connectivity index (χ3n) is 2.45. The highest BCUT2D eigenvalue weighted by Crippen LogP contribution is 2.34. The summed E-state index contributed by atoms with van der Waals surface area (Å²) >= 11 is 18.8. The van der Waals surface area contributed by atoms with Crippen molar-refractivity contribution in [2.24, 2.45) is 0 Å². The van der Waals surface area contributed by atoms with Gasteiger partial charge in [0.05, 0.1) is 3.39 Å². The summed E-state index contributed by atoms with van der Waals surface area (Å²) in [5.41, 5.74) is 3.21. The minimum Gasteiger partial charge on any atom is -0.0843 e. The highest BCUT2D eigenvalue weighted by molar-refractivity contribution is 9.28. The maximum Gasteiger partial charge on any atom is 0.0688 e. The van der Waals surface area contributed by atoms with E-state index in [1.807, 2.05) is 48.5 Å². The zero-order chi connectivity index (χ0) is 13.1. The van der Waals surface area contributed by atoms with Crippen LogP contribution in [0.3, 0.4) is 0 Å². The van der Waals surface area contributed by atoms with Crippen molar-refractivity contribution in [1.29, 1.82) is 0 Å². The first kappa shape index (κ1) is 14.1. The van der Waals surface area contributed by atoms with Crippen LogP contribution in [-0.2, 0) is 0 Å². The molecule has 4 heteroatoms. The van der Waals surface area contributed by atoms with Crippen molar-refractivity contribution >= 4 is 60.6 Å². The van der Waals surface area contributed by atoms with Gasteiger partial charge in [0.1, 0.15) is 0 Å². The maximum absolute atomic E-state index is 5.91. The lowest BCUT2D eigenvalue weighted by Crippen LogP contribution is -1.88. The van der Waals surface area contributed by atoms with Crippen LogP contribution >= 0.6 is 55.1 Å². The van der Waals surface area contributed by atoms with Crippen molar-refractivity contribution in [3.63, 3.8) is 0 Å². The Hall–Kier alpha value is -0.280. The molecule has 18 heavy (non-hydrogen) atoms. The number of rotatable bonds is 2. The monoisotopic (exact) mass is 404 g/mol. The molecule has 0 fully saturated rings. The average Bonchev–Trinajstić information content (AvgIpc) is 2.34. The topological polar surface area (TPSA) is 0 Å². The van der Waals surface area contributed by atoms with Crippen LogP contribution in [0.15, 0.2) is 51.9 Å². The first-order valence-electron chi connectivity index (χ1n) is 5.15. The van der Waals surface area contributed by atoms with Crippen molar-refractivity contribution in [3.8, 4) is 0 Å². The Kier molecular flexibility index (Phi) is 4.91. The first-order chi connectivity index (χ1) is 8.58. The Morgan fingerprint density at radius 3 is 1.28 bits per heavy atom. The highest BCUT2D eigenvalue weighted by Gasteiger charge is 2.08. The van der Waals surface area contributed by atoms with E-state index >= 15 is 0 Å². The van der Waals surface area contributed by atoms with Crippen LogP contribution in [0, 0.1) is 0 Å². The molecule has 0 aliphatic carbocycles. The van der Waals surface area contributed by atoms with E-state index in [0.717, 1.165) is 30.1 Å². The Morgan fingerprint density at radius 2 is 1.00 bits per heavy atom. The fraction of sp³-hybridized carbons (Fsp3) is 0. The van der Waals surface area contributed by atoms with Gasteiger partial charge in [-0.05, 0) is 67.3 Å². The summed E-state index contributed by atoms with van der Waals surface area (Å²) in [6.07, 6.45) is 0. The summed E-state index contributed by atoms with van der Waals surface area (Å²) in [7, 11) is 0. The Labute approximate surface area is 133 Å². The minimum absolute atomic E-state index is 0.722. The van der Waals surface area contributed by atoms with Gasteiger partial charge in [0.25, 0.3) is 0 Å². The van der Waals surface area contributed by atoms with E-state index in [0.29, 0.717) is 0 Å². The van der Waals surface area contributed by atoms with E-state index in [9.17, 15) is 0 Å². The second-order valence-corrected chi connectivity index (χ2v) is 7.17. The fourth-order valence-electron chi connectivity index (χ4n) is 1.62. The fourth-order valence-corrected chi connectivity index (χ4v) is 2.79. The van der Waals surface area contributed by atoms with Gasteiger partial charge in [0.2, 0.25) is 0 Å². The van der Waals surface area contributed by atoms with Crippen molar-refractivity contribution < 1.29 is 0 Å². The van der Waals surface area contributed by atoms with Crippen LogP contribution in [0.25, 0.3) is 5.57 Å². The summed E-state index contributed by atoms with van der Waals surface area (Å²) < 4.78 is 0.889. The van der Waals surface area contributed by atoms with Gasteiger partial charge in [-0.3, -0.25) is 0 Å². The molecule has 2 rings (SSSR count). The molecule has 0 unspecified atom stereocenters. The summed E-state index contributed by atoms with van der Waals surface area (Å²) in [5, 5.41) is 1.44. The van der Waals surface area contributed by atoms with E-state index in [1.54, 1.807) is 0 Å². The first-order valence-corrected chi connectivity index (χ1v) is 7.49. The molecule has 2 aromatic rings. The molecule has 0 heterocycles. The molecule has 0 radical (unpaired) electrons. The lowest BCUT2D eigenvalue weighted by molar-refractivity contribution is 1.55. The second kappa shape index (κ2) is 6.25. The molecule has 0 aliphatic heterocycles. The second-order valence-electron chi connectivity index (χ2n) is 3.65. The van der Waals surface area contributed by atoms with Crippen LogP contribution in [0.1, 0.15) is 11.1 Å². The van der Waals surface area contributed by atoms with Gasteiger partial charge in [0, 0.05) is 15.6 Å². The molecule has 0 aliphatic rings. The van der Waals surface area contributed by atoms with Crippen LogP contribution in [-0.4, -0.2) is 0 Å². The van der Waals surface area contributed by atoms with Gasteiger partial charge in [-0.15, -0.1) is 0 Å². The van der Waals surface area contributed by atoms with Gasteiger partial charge in [-0.2, -0.15) is 0 Å². The number of benzene rings is 2. The van der Waals surface area contributed by atoms with Crippen LogP contribution < -0.4 is 0 Å². The highest BCUT2D eigenvalue weighted by atomic mass is 79.9. The molecule has 2 aromatic carbocycles. The smallest absolute Gasteiger partial charge is 0.0688 e. The molecule has 0 saturated heterocycles. The summed E-state index contributed by atoms with van der Waals surface area (Å²) in [4.78, 5) is 0. The quantitative estimate of drug-likeness (QED) is 0.534. The van der Waals surface area contributed by atoms with E-state index in [-0.39, 0.29) is 0 Å². The van der Waals surface area contributed by atoms with Crippen molar-refractivity contribution in [2.75, 3.05) is 0 Å². The summed E-state index contributed by atoms with van der Waals surface area (Å²) in [6.45, 7) is 0. The van der Waals surface area contributed by atoms with E-state index in [2.05, 4.69) is 31.9 Å². The molecule has 92 valence electrons. The lowest BCUT2D eigenvalue weighted by Gasteiger charge is -2.09. The standard InChI is InChI=1S/C14H8Br2Cl2/c15-14(16)13(9-1-5-11(17)6-2-9)10-3-7-12(18)8-4-10/h1-8H. The molecule has 0 N–H and O–H groups in total. The van der Waals surface area contributed by atoms with Gasteiger partial charge in [0.15, 0.2) is 0 Å². The predicted molar refractivity (Wildman–Crippen MR) is 86.8 cm³/mol. The third kappa shape index (κ3) is 3.39. The Morgan fingerprint density at radius 1 is 0.667 bits per heavy atom. The Balaban J connectivity index is 2.51. The molecular weight excluding hydrogens is 399 g/mol. The number of halogens is 4. The molecule has 0 atom stereocenters. The predicted octanol–water partition coefficient (Wildman–Crippen LogP) is 6.50. The maximum atomic E-state index is 5.91. The summed E-state index contributed by atoms with van der Waals surface area (Å²) in [6, 6.07) is 15.4. The third-order valence-corrected chi connectivity index (χ3v) is 3.75. The molecule has 0 amide bonds. The van der Waals surface area contributed by atoms with E-state index < -0.39 is 0 Å². The minimum atomic E-state index is 0.722. The SMILES string of the molecule is Clc1ccc(C(=C(Br)Br)c2ccc(Cl)cc2)cc1. The summed E-state index contributed by atoms with van der Waals surface area (Å²) in [5.74, 6) is 0. The van der Waals surface area contributed by atoms with Gasteiger partial charge < -0.3 is 0 Å². The van der Waals surface area contributed by atoms with Gasteiger partial charge in [-0.25, -0.2) is 0 Å². The molecule has 0 bridgehead atoms. The average molecular weight is 407 g/mol. The largest absolute Gasteiger partial charge is 0.0843 e. The van der Waals surface area contributed by atoms with Crippen LogP contribution in [0.5, 0.6) is 0 Å². The van der Waals surface area contributed by atoms with Crippen molar-refractivity contribution in [1.82, 2.24) is 0 Å².